The molecule has 1 N–H and O–H groups in total. The van der Waals surface area contributed by atoms with Crippen LogP contribution in [-0.2, 0) is 26.2 Å². The van der Waals surface area contributed by atoms with Crippen molar-refractivity contribution in [2.24, 2.45) is 5.92 Å². The summed E-state index contributed by atoms with van der Waals surface area (Å²) in [6, 6.07) is 18.3. The van der Waals surface area contributed by atoms with Gasteiger partial charge in [-0.1, -0.05) is 62.2 Å². The summed E-state index contributed by atoms with van der Waals surface area (Å²) in [6.07, 6.45) is 0.326. The van der Waals surface area contributed by atoms with Crippen LogP contribution in [0.5, 0.6) is 5.75 Å². The molecule has 0 aliphatic rings. The third kappa shape index (κ3) is 8.61. The quantitative estimate of drug-likeness (QED) is 0.262. The number of rotatable bonds is 13. The fourth-order valence-electron chi connectivity index (χ4n) is 4.16. The summed E-state index contributed by atoms with van der Waals surface area (Å²) in [5, 5.41) is 3.59. The predicted molar refractivity (Wildman–Crippen MR) is 163 cm³/mol. The highest BCUT2D eigenvalue weighted by molar-refractivity contribution is 7.92. The molecule has 3 aromatic carbocycles. The van der Waals surface area contributed by atoms with Crippen LogP contribution in [0, 0.1) is 5.92 Å². The number of anilines is 1. The SMILES string of the molecule is CC[C@H](C(=O)NCC(C)C)N(Cc1ccc(OC)cc1)C(=O)CN(c1cccc(Cl)c1)S(=O)(=O)c1ccc(Cl)cc1. The van der Waals surface area contributed by atoms with Crippen molar-refractivity contribution in [2.75, 3.05) is 24.5 Å². The Kier molecular flexibility index (Phi) is 11.5. The van der Waals surface area contributed by atoms with Crippen molar-refractivity contribution in [3.63, 3.8) is 0 Å². The lowest BCUT2D eigenvalue weighted by atomic mass is 10.1. The highest BCUT2D eigenvalue weighted by Crippen LogP contribution is 2.28. The summed E-state index contributed by atoms with van der Waals surface area (Å²) in [5.41, 5.74) is 0.964. The molecule has 3 aromatic rings. The van der Waals surface area contributed by atoms with Crippen molar-refractivity contribution in [2.45, 2.75) is 44.7 Å². The Bertz CT molecular complexity index is 1430. The van der Waals surface area contributed by atoms with Crippen LogP contribution in [0.15, 0.2) is 77.7 Å². The van der Waals surface area contributed by atoms with Crippen molar-refractivity contribution >= 4 is 50.7 Å². The Morgan fingerprint density at radius 3 is 2.17 bits per heavy atom. The molecule has 1 atom stereocenters. The number of nitrogens with one attached hydrogen (secondary N) is 1. The second-order valence-electron chi connectivity index (χ2n) is 9.88. The highest BCUT2D eigenvalue weighted by atomic mass is 35.5. The van der Waals surface area contributed by atoms with Crippen LogP contribution >= 0.6 is 23.2 Å². The fraction of sp³-hybridized carbons (Fsp3) is 0.333. The predicted octanol–water partition coefficient (Wildman–Crippen LogP) is 5.78. The van der Waals surface area contributed by atoms with Gasteiger partial charge in [-0.3, -0.25) is 13.9 Å². The maximum absolute atomic E-state index is 14.1. The first-order chi connectivity index (χ1) is 19.5. The number of ether oxygens (including phenoxy) is 1. The van der Waals surface area contributed by atoms with Gasteiger partial charge >= 0.3 is 0 Å². The molecule has 41 heavy (non-hydrogen) atoms. The minimum atomic E-state index is -4.22. The van der Waals surface area contributed by atoms with E-state index in [-0.39, 0.29) is 29.0 Å². The number of carbonyl (C=O) groups is 2. The van der Waals surface area contributed by atoms with Gasteiger partial charge in [-0.15, -0.1) is 0 Å². The van der Waals surface area contributed by atoms with Crippen molar-refractivity contribution in [1.29, 1.82) is 0 Å². The topological polar surface area (TPSA) is 96.0 Å². The first kappa shape index (κ1) is 32.2. The lowest BCUT2D eigenvalue weighted by Crippen LogP contribution is -2.52. The van der Waals surface area contributed by atoms with Crippen LogP contribution in [0.4, 0.5) is 5.69 Å². The largest absolute Gasteiger partial charge is 0.497 e. The number of hydrogen-bond acceptors (Lipinski definition) is 5. The number of sulfonamides is 1. The summed E-state index contributed by atoms with van der Waals surface area (Å²) < 4.78 is 34.0. The molecular formula is C30H35Cl2N3O5S. The van der Waals surface area contributed by atoms with Crippen LogP contribution in [-0.4, -0.2) is 51.4 Å². The standard InChI is InChI=1S/C30H35Cl2N3O5S/c1-5-28(30(37)33-18-21(2)3)34(19-22-9-13-26(40-4)14-10-22)29(36)20-35(25-8-6-7-24(32)17-25)41(38,39)27-15-11-23(31)12-16-27/h6-17,21,28H,5,18-20H2,1-4H3,(H,33,37)/t28-/m1/s1. The zero-order valence-corrected chi connectivity index (χ0v) is 25.8. The Morgan fingerprint density at radius 2 is 1.61 bits per heavy atom. The maximum atomic E-state index is 14.1. The average molecular weight is 621 g/mol. The summed E-state index contributed by atoms with van der Waals surface area (Å²) in [5.74, 6) is 0.00220. The van der Waals surface area contributed by atoms with Gasteiger partial charge in [0.15, 0.2) is 0 Å². The monoisotopic (exact) mass is 619 g/mol. The molecule has 2 amide bonds. The number of halogens is 2. The van der Waals surface area contributed by atoms with Crippen LogP contribution in [0.25, 0.3) is 0 Å². The first-order valence-electron chi connectivity index (χ1n) is 13.2. The molecule has 0 spiro atoms. The van der Waals surface area contributed by atoms with Crippen LogP contribution in [0.3, 0.4) is 0 Å². The minimum Gasteiger partial charge on any atom is -0.497 e. The van der Waals surface area contributed by atoms with Gasteiger partial charge in [0.05, 0.1) is 17.7 Å². The third-order valence-electron chi connectivity index (χ3n) is 6.36. The van der Waals surface area contributed by atoms with Crippen molar-refractivity contribution in [1.82, 2.24) is 10.2 Å². The molecule has 0 saturated heterocycles. The van der Waals surface area contributed by atoms with Gasteiger partial charge in [0.2, 0.25) is 11.8 Å². The molecule has 220 valence electrons. The number of amides is 2. The molecule has 0 bridgehead atoms. The van der Waals surface area contributed by atoms with Crippen molar-refractivity contribution < 1.29 is 22.7 Å². The lowest BCUT2D eigenvalue weighted by Gasteiger charge is -2.33. The minimum absolute atomic E-state index is 0.0434. The van der Waals surface area contributed by atoms with E-state index in [0.29, 0.717) is 28.8 Å². The number of benzene rings is 3. The fourth-order valence-corrected chi connectivity index (χ4v) is 5.88. The summed E-state index contributed by atoms with van der Waals surface area (Å²) in [7, 11) is -2.66. The molecule has 8 nitrogen and oxygen atoms in total. The van der Waals surface area contributed by atoms with Crippen LogP contribution in [0.2, 0.25) is 10.0 Å². The smallest absolute Gasteiger partial charge is 0.264 e. The lowest BCUT2D eigenvalue weighted by molar-refractivity contribution is -0.140. The molecular weight excluding hydrogens is 585 g/mol. The molecule has 3 rings (SSSR count). The van der Waals surface area contributed by atoms with Gasteiger partial charge in [0.25, 0.3) is 10.0 Å². The number of carbonyl (C=O) groups excluding carboxylic acids is 2. The Balaban J connectivity index is 2.04. The van der Waals surface area contributed by atoms with Crippen LogP contribution < -0.4 is 14.4 Å². The molecule has 0 aliphatic carbocycles. The first-order valence-corrected chi connectivity index (χ1v) is 15.4. The van der Waals surface area contributed by atoms with E-state index < -0.39 is 28.5 Å². The Labute approximate surface area is 252 Å². The zero-order chi connectivity index (χ0) is 30.2. The summed E-state index contributed by atoms with van der Waals surface area (Å²) in [6.45, 7) is 5.74. The second-order valence-corrected chi connectivity index (χ2v) is 12.6. The molecule has 11 heteroatoms. The number of nitrogens with zero attached hydrogens (tertiary/aromatic N) is 2. The summed E-state index contributed by atoms with van der Waals surface area (Å²) in [4.78, 5) is 28.7. The second kappa shape index (κ2) is 14.6. The van der Waals surface area contributed by atoms with E-state index in [1.165, 1.54) is 35.2 Å². The van der Waals surface area contributed by atoms with Gasteiger partial charge in [-0.2, -0.15) is 0 Å². The zero-order valence-electron chi connectivity index (χ0n) is 23.5. The molecule has 0 radical (unpaired) electrons. The van der Waals surface area contributed by atoms with E-state index in [9.17, 15) is 18.0 Å². The number of hydrogen-bond donors (Lipinski definition) is 1. The number of methoxy groups -OCH3 is 1. The normalized spacial score (nSPS) is 12.1. The average Bonchev–Trinajstić information content (AvgIpc) is 2.95. The van der Waals surface area contributed by atoms with Gasteiger partial charge < -0.3 is 15.0 Å². The van der Waals surface area contributed by atoms with E-state index in [2.05, 4.69) is 5.32 Å². The van der Waals surface area contributed by atoms with Gasteiger partial charge in [0, 0.05) is 23.1 Å². The molecule has 0 saturated carbocycles. The molecule has 0 aliphatic heterocycles. The van der Waals surface area contributed by atoms with Crippen LogP contribution in [0.1, 0.15) is 32.8 Å². The van der Waals surface area contributed by atoms with Gasteiger partial charge in [-0.25, -0.2) is 8.42 Å². The summed E-state index contributed by atoms with van der Waals surface area (Å²) >= 11 is 12.2. The maximum Gasteiger partial charge on any atom is 0.264 e. The van der Waals surface area contributed by atoms with E-state index in [1.54, 1.807) is 49.6 Å². The van der Waals surface area contributed by atoms with Crippen molar-refractivity contribution in [3.8, 4) is 5.75 Å². The highest BCUT2D eigenvalue weighted by Gasteiger charge is 2.33. The Hall–Kier alpha value is -3.27. The molecule has 0 fully saturated rings. The molecule has 0 heterocycles. The van der Waals surface area contributed by atoms with Crippen molar-refractivity contribution in [3.05, 3.63) is 88.4 Å². The van der Waals surface area contributed by atoms with Gasteiger partial charge in [-0.05, 0) is 72.5 Å². The van der Waals surface area contributed by atoms with E-state index in [1.807, 2.05) is 20.8 Å². The van der Waals surface area contributed by atoms with E-state index in [4.69, 9.17) is 27.9 Å². The molecule has 0 aromatic heterocycles. The molecule has 0 unspecified atom stereocenters. The Morgan fingerprint density at radius 1 is 0.951 bits per heavy atom. The van der Waals surface area contributed by atoms with E-state index >= 15 is 0 Å². The van der Waals surface area contributed by atoms with E-state index in [0.717, 1.165) is 9.87 Å². The third-order valence-corrected chi connectivity index (χ3v) is 8.63. The van der Waals surface area contributed by atoms with Gasteiger partial charge in [0.1, 0.15) is 18.3 Å².